The smallest absolute Gasteiger partial charge is 0.230 e. The number of benzene rings is 1. The molecule has 2 saturated heterocycles. The number of nitrogens with zero attached hydrogens (tertiary/aromatic N) is 2. The quantitative estimate of drug-likeness (QED) is 0.807. The fourth-order valence-corrected chi connectivity index (χ4v) is 3.82. The Morgan fingerprint density at radius 2 is 1.81 bits per heavy atom. The molecule has 0 saturated carbocycles. The number of halogens is 3. The van der Waals surface area contributed by atoms with E-state index < -0.39 is 5.41 Å². The molecule has 1 aromatic carbocycles. The number of amides is 1. The number of carbonyl (C=O) groups excluding carboxylic acids is 1. The van der Waals surface area contributed by atoms with Crippen LogP contribution in [-0.4, -0.2) is 61.6 Å². The first-order valence-electron chi connectivity index (χ1n) is 8.67. The number of hydrogen-bond acceptors (Lipinski definition) is 4. The van der Waals surface area contributed by atoms with Gasteiger partial charge in [-0.1, -0.05) is 23.7 Å². The second kappa shape index (κ2) is 10.7. The van der Waals surface area contributed by atoms with Crippen molar-refractivity contribution in [1.82, 2.24) is 9.80 Å². The van der Waals surface area contributed by atoms with E-state index in [1.165, 1.54) is 5.56 Å². The lowest BCUT2D eigenvalue weighted by molar-refractivity contribution is -0.149. The fraction of sp³-hybridized carbons (Fsp3) is 0.611. The highest BCUT2D eigenvalue weighted by molar-refractivity contribution is 6.30. The maximum atomic E-state index is 13.0. The molecule has 0 spiro atoms. The first-order valence-corrected chi connectivity index (χ1v) is 9.05. The third kappa shape index (κ3) is 5.47. The molecule has 2 N–H and O–H groups in total. The number of carbonyl (C=O) groups is 1. The summed E-state index contributed by atoms with van der Waals surface area (Å²) in [6.07, 6.45) is 1.48. The summed E-state index contributed by atoms with van der Waals surface area (Å²) in [6.45, 7) is 5.86. The standard InChI is InChI=1S/C18H26ClN3O2.2ClH/c19-16-3-1-2-15(12-16)13-21-6-8-22(9-7-21)17(23)18(14-20)4-10-24-11-5-18;;/h1-3,12H,4-11,13-14,20H2;2*1H. The van der Waals surface area contributed by atoms with Crippen molar-refractivity contribution in [2.45, 2.75) is 19.4 Å². The Labute approximate surface area is 173 Å². The van der Waals surface area contributed by atoms with E-state index in [0.29, 0.717) is 19.8 Å². The second-order valence-electron chi connectivity index (χ2n) is 6.80. The van der Waals surface area contributed by atoms with E-state index >= 15 is 0 Å². The summed E-state index contributed by atoms with van der Waals surface area (Å²) in [5.41, 5.74) is 6.77. The predicted molar refractivity (Wildman–Crippen MR) is 109 cm³/mol. The van der Waals surface area contributed by atoms with E-state index in [-0.39, 0.29) is 30.7 Å². The van der Waals surface area contributed by atoms with E-state index in [1.54, 1.807) is 0 Å². The minimum absolute atomic E-state index is 0. The molecule has 2 aliphatic rings. The molecule has 0 bridgehead atoms. The van der Waals surface area contributed by atoms with Gasteiger partial charge in [0.1, 0.15) is 0 Å². The van der Waals surface area contributed by atoms with Gasteiger partial charge in [0.2, 0.25) is 5.91 Å². The van der Waals surface area contributed by atoms with E-state index in [0.717, 1.165) is 50.6 Å². The Morgan fingerprint density at radius 1 is 1.15 bits per heavy atom. The highest BCUT2D eigenvalue weighted by Crippen LogP contribution is 2.32. The van der Waals surface area contributed by atoms with Crippen LogP contribution in [0.25, 0.3) is 0 Å². The Morgan fingerprint density at radius 3 is 2.38 bits per heavy atom. The molecule has 148 valence electrons. The van der Waals surface area contributed by atoms with Gasteiger partial charge in [0.05, 0.1) is 5.41 Å². The van der Waals surface area contributed by atoms with Gasteiger partial charge in [-0.15, -0.1) is 24.8 Å². The topological polar surface area (TPSA) is 58.8 Å². The van der Waals surface area contributed by atoms with Crippen LogP contribution in [-0.2, 0) is 16.1 Å². The number of ether oxygens (including phenoxy) is 1. The lowest BCUT2D eigenvalue weighted by atomic mass is 9.78. The summed E-state index contributed by atoms with van der Waals surface area (Å²) in [4.78, 5) is 17.3. The number of piperazine rings is 1. The SMILES string of the molecule is Cl.Cl.NCC1(C(=O)N2CCN(Cc3cccc(Cl)c3)CC2)CCOCC1. The summed E-state index contributed by atoms with van der Waals surface area (Å²) < 4.78 is 5.41. The molecule has 2 fully saturated rings. The number of nitrogens with two attached hydrogens (primary N) is 1. The van der Waals surface area contributed by atoms with Crippen LogP contribution in [0.5, 0.6) is 0 Å². The van der Waals surface area contributed by atoms with Crippen molar-refractivity contribution in [2.24, 2.45) is 11.1 Å². The largest absolute Gasteiger partial charge is 0.381 e. The Hall–Kier alpha value is -0.560. The zero-order chi connectivity index (χ0) is 17.0. The molecular weight excluding hydrogens is 397 g/mol. The first kappa shape index (κ1) is 23.5. The molecule has 1 amide bonds. The minimum atomic E-state index is -0.409. The Kier molecular flexibility index (Phi) is 9.65. The number of hydrogen-bond donors (Lipinski definition) is 1. The van der Waals surface area contributed by atoms with Crippen molar-refractivity contribution in [3.63, 3.8) is 0 Å². The van der Waals surface area contributed by atoms with E-state index in [1.807, 2.05) is 23.1 Å². The van der Waals surface area contributed by atoms with Crippen LogP contribution in [0.1, 0.15) is 18.4 Å². The maximum Gasteiger partial charge on any atom is 0.230 e. The van der Waals surface area contributed by atoms with Crippen LogP contribution in [0.4, 0.5) is 0 Å². The molecule has 2 heterocycles. The molecule has 0 aromatic heterocycles. The minimum Gasteiger partial charge on any atom is -0.381 e. The van der Waals surface area contributed by atoms with Crippen LogP contribution in [0.15, 0.2) is 24.3 Å². The van der Waals surface area contributed by atoms with E-state index in [2.05, 4.69) is 11.0 Å². The fourth-order valence-electron chi connectivity index (χ4n) is 3.61. The molecule has 8 heteroatoms. The second-order valence-corrected chi connectivity index (χ2v) is 7.23. The Balaban J connectivity index is 0.00000169. The van der Waals surface area contributed by atoms with Crippen molar-refractivity contribution >= 4 is 42.3 Å². The van der Waals surface area contributed by atoms with Gasteiger partial charge in [-0.2, -0.15) is 0 Å². The van der Waals surface area contributed by atoms with Gasteiger partial charge in [0.15, 0.2) is 0 Å². The van der Waals surface area contributed by atoms with Gasteiger partial charge in [0, 0.05) is 57.5 Å². The van der Waals surface area contributed by atoms with Crippen LogP contribution < -0.4 is 5.73 Å². The van der Waals surface area contributed by atoms with Crippen molar-refractivity contribution in [2.75, 3.05) is 45.9 Å². The lowest BCUT2D eigenvalue weighted by Gasteiger charge is -2.42. The predicted octanol–water partition coefficient (Wildman–Crippen LogP) is 2.58. The highest BCUT2D eigenvalue weighted by atomic mass is 35.5. The molecule has 0 aliphatic carbocycles. The lowest BCUT2D eigenvalue weighted by Crippen LogP contribution is -2.56. The molecule has 3 rings (SSSR count). The van der Waals surface area contributed by atoms with Crippen molar-refractivity contribution in [3.8, 4) is 0 Å². The average molecular weight is 425 g/mol. The molecule has 2 aliphatic heterocycles. The third-order valence-electron chi connectivity index (χ3n) is 5.25. The summed E-state index contributed by atoms with van der Waals surface area (Å²) in [5, 5.41) is 0.769. The molecule has 26 heavy (non-hydrogen) atoms. The van der Waals surface area contributed by atoms with Crippen molar-refractivity contribution in [1.29, 1.82) is 0 Å². The monoisotopic (exact) mass is 423 g/mol. The normalized spacial score (nSPS) is 20.0. The molecule has 1 aromatic rings. The summed E-state index contributed by atoms with van der Waals surface area (Å²) in [5.74, 6) is 0.218. The Bertz CT molecular complexity index is 575. The highest BCUT2D eigenvalue weighted by Gasteiger charge is 2.42. The summed E-state index contributed by atoms with van der Waals surface area (Å²) in [6, 6.07) is 7.97. The van der Waals surface area contributed by atoms with Crippen LogP contribution in [0.2, 0.25) is 5.02 Å². The number of rotatable bonds is 4. The van der Waals surface area contributed by atoms with E-state index in [9.17, 15) is 4.79 Å². The van der Waals surface area contributed by atoms with Crippen LogP contribution in [0.3, 0.4) is 0 Å². The van der Waals surface area contributed by atoms with Crippen molar-refractivity contribution in [3.05, 3.63) is 34.9 Å². The molecule has 5 nitrogen and oxygen atoms in total. The molecule has 0 atom stereocenters. The van der Waals surface area contributed by atoms with Gasteiger partial charge in [-0.25, -0.2) is 0 Å². The third-order valence-corrected chi connectivity index (χ3v) is 5.48. The van der Waals surface area contributed by atoms with Crippen molar-refractivity contribution < 1.29 is 9.53 Å². The average Bonchev–Trinajstić information content (AvgIpc) is 2.62. The molecular formula is C18H28Cl3N3O2. The van der Waals surface area contributed by atoms with Crippen LogP contribution in [0, 0.1) is 5.41 Å². The molecule has 0 unspecified atom stereocenters. The van der Waals surface area contributed by atoms with Gasteiger partial charge in [-0.3, -0.25) is 9.69 Å². The van der Waals surface area contributed by atoms with Crippen LogP contribution >= 0.6 is 36.4 Å². The summed E-state index contributed by atoms with van der Waals surface area (Å²) in [7, 11) is 0. The van der Waals surface area contributed by atoms with Gasteiger partial charge >= 0.3 is 0 Å². The zero-order valence-corrected chi connectivity index (χ0v) is 17.3. The first-order chi connectivity index (χ1) is 11.6. The van der Waals surface area contributed by atoms with Gasteiger partial charge in [-0.05, 0) is 30.5 Å². The van der Waals surface area contributed by atoms with Gasteiger partial charge in [0.25, 0.3) is 0 Å². The maximum absolute atomic E-state index is 13.0. The van der Waals surface area contributed by atoms with Gasteiger partial charge < -0.3 is 15.4 Å². The van der Waals surface area contributed by atoms with E-state index in [4.69, 9.17) is 22.1 Å². The molecule has 0 radical (unpaired) electrons. The summed E-state index contributed by atoms with van der Waals surface area (Å²) >= 11 is 6.05. The zero-order valence-electron chi connectivity index (χ0n) is 14.9.